The Morgan fingerprint density at radius 2 is 1.10 bits per heavy atom. The molecule has 9 aromatic carbocycles. The monoisotopic (exact) mass is 757 g/mol. The Hall–Kier alpha value is -7.89. The van der Waals surface area contributed by atoms with Crippen molar-refractivity contribution in [2.75, 3.05) is 10.2 Å². The van der Waals surface area contributed by atoms with Gasteiger partial charge in [-0.3, -0.25) is 4.99 Å². The highest BCUT2D eigenvalue weighted by molar-refractivity contribution is 6.22. The van der Waals surface area contributed by atoms with Gasteiger partial charge >= 0.3 is 0 Å². The van der Waals surface area contributed by atoms with Crippen LogP contribution in [0.25, 0.3) is 65.8 Å². The van der Waals surface area contributed by atoms with Crippen LogP contribution in [0.5, 0.6) is 0 Å². The molecule has 0 radical (unpaired) electrons. The van der Waals surface area contributed by atoms with E-state index in [1.165, 1.54) is 5.39 Å². The second-order valence-corrected chi connectivity index (χ2v) is 15.1. The number of nitrogens with one attached hydrogen (secondary N) is 1. The first-order valence-corrected chi connectivity index (χ1v) is 20.0. The van der Waals surface area contributed by atoms with Gasteiger partial charge in [0.15, 0.2) is 0 Å². The average Bonchev–Trinajstić information content (AvgIpc) is 3.88. The largest absolute Gasteiger partial charge is 0.456 e. The molecule has 0 aliphatic carbocycles. The maximum absolute atomic E-state index is 6.83. The number of aliphatic imine (C=N–C) groups is 1. The molecule has 1 aliphatic heterocycles. The van der Waals surface area contributed by atoms with E-state index in [4.69, 9.17) is 13.8 Å². The second kappa shape index (κ2) is 13.4. The zero-order chi connectivity index (χ0) is 38.9. The van der Waals surface area contributed by atoms with Gasteiger partial charge in [-0.05, 0) is 107 Å². The molecule has 0 bridgehead atoms. The van der Waals surface area contributed by atoms with Crippen molar-refractivity contribution >= 4 is 83.1 Å². The highest BCUT2D eigenvalue weighted by atomic mass is 16.3. The van der Waals surface area contributed by atoms with Crippen LogP contribution in [-0.2, 0) is 0 Å². The van der Waals surface area contributed by atoms with Gasteiger partial charge in [-0.2, -0.15) is 0 Å². The van der Waals surface area contributed by atoms with Gasteiger partial charge in [-0.1, -0.05) is 115 Å². The highest BCUT2D eigenvalue weighted by Crippen LogP contribution is 2.45. The molecule has 3 heterocycles. The van der Waals surface area contributed by atoms with Crippen molar-refractivity contribution in [2.24, 2.45) is 4.99 Å². The molecule has 278 valence electrons. The molecule has 12 rings (SSSR count). The fraction of sp³-hybridized carbons (Fsp3) is 0.0185. The molecule has 5 nitrogen and oxygen atoms in total. The predicted octanol–water partition coefficient (Wildman–Crippen LogP) is 14.7. The molecule has 1 aliphatic rings. The van der Waals surface area contributed by atoms with E-state index >= 15 is 0 Å². The summed E-state index contributed by atoms with van der Waals surface area (Å²) in [5.74, 6) is 0. The van der Waals surface area contributed by atoms with Gasteiger partial charge in [0, 0.05) is 61.0 Å². The van der Waals surface area contributed by atoms with Crippen molar-refractivity contribution < 1.29 is 8.83 Å². The highest BCUT2D eigenvalue weighted by Gasteiger charge is 2.27. The van der Waals surface area contributed by atoms with Crippen molar-refractivity contribution in [1.29, 1.82) is 0 Å². The number of furan rings is 2. The third-order valence-corrected chi connectivity index (χ3v) is 11.6. The minimum Gasteiger partial charge on any atom is -0.456 e. The lowest BCUT2D eigenvalue weighted by Gasteiger charge is -2.27. The Bertz CT molecular complexity index is 3400. The maximum Gasteiger partial charge on any atom is 0.146 e. The number of rotatable bonds is 6. The van der Waals surface area contributed by atoms with E-state index in [9.17, 15) is 0 Å². The van der Waals surface area contributed by atoms with Crippen LogP contribution in [0.1, 0.15) is 22.9 Å². The smallest absolute Gasteiger partial charge is 0.146 e. The summed E-state index contributed by atoms with van der Waals surface area (Å²) in [6.07, 6.45) is -0.424. The summed E-state index contributed by atoms with van der Waals surface area (Å²) in [5, 5.41) is 10.5. The number of hydrogen-bond donors (Lipinski definition) is 1. The molecule has 5 heteroatoms. The second-order valence-electron chi connectivity index (χ2n) is 15.1. The van der Waals surface area contributed by atoms with Crippen LogP contribution in [0, 0.1) is 0 Å². The van der Waals surface area contributed by atoms with Gasteiger partial charge in [0.2, 0.25) is 0 Å². The van der Waals surface area contributed by atoms with Crippen molar-refractivity contribution in [3.05, 3.63) is 217 Å². The SMILES string of the molecule is c1ccc(N(c2ccccc2)c2cccc(-c3cc(C4N=C(c5ccc6oc7ccccc7c6c5)c5ccccc5N4)c4c(c3)oc3ccc5ccccc5c34)c2)cc1. The Labute approximate surface area is 340 Å². The average molecular weight is 758 g/mol. The van der Waals surface area contributed by atoms with Crippen LogP contribution >= 0.6 is 0 Å². The van der Waals surface area contributed by atoms with E-state index < -0.39 is 6.17 Å². The van der Waals surface area contributed by atoms with Crippen molar-refractivity contribution in [3.63, 3.8) is 0 Å². The van der Waals surface area contributed by atoms with Crippen LogP contribution in [0.15, 0.2) is 214 Å². The Balaban J connectivity index is 1.09. The number of fused-ring (bicyclic) bond motifs is 9. The molecule has 0 spiro atoms. The molecule has 0 saturated carbocycles. The van der Waals surface area contributed by atoms with Crippen molar-refractivity contribution in [1.82, 2.24) is 0 Å². The van der Waals surface area contributed by atoms with E-state index in [2.05, 4.69) is 198 Å². The third kappa shape index (κ3) is 5.51. The zero-order valence-electron chi connectivity index (χ0n) is 31.8. The van der Waals surface area contributed by atoms with E-state index in [1.807, 2.05) is 12.1 Å². The van der Waals surface area contributed by atoms with Gasteiger partial charge in [0.05, 0.1) is 5.71 Å². The third-order valence-electron chi connectivity index (χ3n) is 11.6. The summed E-state index contributed by atoms with van der Waals surface area (Å²) in [4.78, 5) is 7.93. The lowest BCUT2D eigenvalue weighted by atomic mass is 9.93. The Morgan fingerprint density at radius 1 is 0.424 bits per heavy atom. The summed E-state index contributed by atoms with van der Waals surface area (Å²) in [7, 11) is 0. The number of benzene rings is 9. The molecule has 0 fully saturated rings. The van der Waals surface area contributed by atoms with Crippen LogP contribution in [0.3, 0.4) is 0 Å². The zero-order valence-corrected chi connectivity index (χ0v) is 31.8. The first-order valence-electron chi connectivity index (χ1n) is 20.0. The summed E-state index contributed by atoms with van der Waals surface area (Å²) in [6.45, 7) is 0. The molecule has 1 unspecified atom stereocenters. The van der Waals surface area contributed by atoms with Crippen molar-refractivity contribution in [3.8, 4) is 11.1 Å². The summed E-state index contributed by atoms with van der Waals surface area (Å²) in [5.41, 5.74) is 13.9. The van der Waals surface area contributed by atoms with Gasteiger partial charge in [0.1, 0.15) is 28.5 Å². The maximum atomic E-state index is 6.83. The predicted molar refractivity (Wildman–Crippen MR) is 244 cm³/mol. The summed E-state index contributed by atoms with van der Waals surface area (Å²) >= 11 is 0. The van der Waals surface area contributed by atoms with Crippen LogP contribution in [0.2, 0.25) is 0 Å². The minimum absolute atomic E-state index is 0.424. The Morgan fingerprint density at radius 3 is 1.95 bits per heavy atom. The first kappa shape index (κ1) is 33.3. The van der Waals surface area contributed by atoms with Crippen LogP contribution in [-0.4, -0.2) is 5.71 Å². The van der Waals surface area contributed by atoms with E-state index in [0.717, 1.165) is 106 Å². The molecule has 0 saturated heterocycles. The molecule has 0 amide bonds. The van der Waals surface area contributed by atoms with E-state index in [0.29, 0.717) is 0 Å². The Kier molecular flexibility index (Phi) is 7.53. The number of anilines is 4. The van der Waals surface area contributed by atoms with Gasteiger partial charge in [-0.15, -0.1) is 0 Å². The van der Waals surface area contributed by atoms with Gasteiger partial charge in [0.25, 0.3) is 0 Å². The van der Waals surface area contributed by atoms with Gasteiger partial charge in [-0.25, -0.2) is 0 Å². The van der Waals surface area contributed by atoms with Crippen molar-refractivity contribution in [2.45, 2.75) is 6.17 Å². The fourth-order valence-corrected chi connectivity index (χ4v) is 8.95. The van der Waals surface area contributed by atoms with Crippen LogP contribution in [0.4, 0.5) is 22.7 Å². The fourth-order valence-electron chi connectivity index (χ4n) is 8.95. The quantitative estimate of drug-likeness (QED) is 0.184. The summed E-state index contributed by atoms with van der Waals surface area (Å²) < 4.78 is 13.1. The molecular weight excluding hydrogens is 723 g/mol. The number of hydrogen-bond acceptors (Lipinski definition) is 5. The first-order chi connectivity index (χ1) is 29.2. The lowest BCUT2D eigenvalue weighted by Crippen LogP contribution is -2.21. The standard InChI is InChI=1S/C54H35N3O2/c1-3-16-38(17-4-1)57(39-18-5-2-6-19-39)40-20-13-15-35(30-40)37-32-45(52-50(33-37)59-49-29-26-34-14-7-8-21-41(34)51(49)52)54-55-46-24-11-9-23-43(46)53(56-54)36-27-28-48-44(31-36)42-22-10-12-25-47(42)58-48/h1-33,54-55H. The normalized spacial score (nSPS) is 13.8. The lowest BCUT2D eigenvalue weighted by molar-refractivity contribution is 0.668. The molecular formula is C54H35N3O2. The van der Waals surface area contributed by atoms with E-state index in [1.54, 1.807) is 0 Å². The molecule has 2 aromatic heterocycles. The molecule has 59 heavy (non-hydrogen) atoms. The topological polar surface area (TPSA) is 53.9 Å². The number of nitrogens with zero attached hydrogens (tertiary/aromatic N) is 2. The number of para-hydroxylation sites is 4. The van der Waals surface area contributed by atoms with E-state index in [-0.39, 0.29) is 0 Å². The molecule has 11 aromatic rings. The minimum atomic E-state index is -0.424. The molecule has 1 N–H and O–H groups in total. The summed E-state index contributed by atoms with van der Waals surface area (Å²) in [6, 6.07) is 70.2. The molecule has 1 atom stereocenters. The van der Waals surface area contributed by atoms with Gasteiger partial charge < -0.3 is 19.1 Å². The van der Waals surface area contributed by atoms with Crippen LogP contribution < -0.4 is 10.2 Å².